The van der Waals surface area contributed by atoms with Gasteiger partial charge >= 0.3 is 0 Å². The molecule has 0 aliphatic heterocycles. The van der Waals surface area contributed by atoms with Crippen molar-refractivity contribution in [2.75, 3.05) is 16.8 Å². The standard InChI is InChI=1S/C13H20N6S/c1-3-4-5-20-13-16-11(14)7-12(17-13)15-8-10-6-9(2)18-19-10/h6-7H,3-5,8H2,1-2H3,(H,18,19)(H3,14,15,16,17). The number of aromatic nitrogens is 4. The molecule has 4 N–H and O–H groups in total. The van der Waals surface area contributed by atoms with Gasteiger partial charge in [0.1, 0.15) is 11.6 Å². The number of hydrogen-bond acceptors (Lipinski definition) is 6. The molecule has 7 heteroatoms. The van der Waals surface area contributed by atoms with Crippen LogP contribution in [0.25, 0.3) is 0 Å². The Morgan fingerprint density at radius 1 is 1.35 bits per heavy atom. The Labute approximate surface area is 123 Å². The monoisotopic (exact) mass is 292 g/mol. The van der Waals surface area contributed by atoms with Crippen LogP contribution in [0.15, 0.2) is 17.3 Å². The van der Waals surface area contributed by atoms with E-state index in [-0.39, 0.29) is 0 Å². The zero-order valence-corrected chi connectivity index (χ0v) is 12.6. The molecular formula is C13H20N6S. The maximum absolute atomic E-state index is 5.81. The van der Waals surface area contributed by atoms with Crippen molar-refractivity contribution < 1.29 is 0 Å². The first-order valence-corrected chi connectivity index (χ1v) is 7.68. The van der Waals surface area contributed by atoms with Crippen LogP contribution in [-0.4, -0.2) is 25.9 Å². The summed E-state index contributed by atoms with van der Waals surface area (Å²) in [7, 11) is 0. The molecule has 6 nitrogen and oxygen atoms in total. The molecule has 0 atom stereocenters. The molecular weight excluding hydrogens is 272 g/mol. The van der Waals surface area contributed by atoms with Crippen LogP contribution in [0.3, 0.4) is 0 Å². The van der Waals surface area contributed by atoms with Crippen LogP contribution >= 0.6 is 11.8 Å². The third-order valence-electron chi connectivity index (χ3n) is 2.66. The summed E-state index contributed by atoms with van der Waals surface area (Å²) in [5, 5.41) is 11.0. The molecule has 0 unspecified atom stereocenters. The van der Waals surface area contributed by atoms with Gasteiger partial charge < -0.3 is 11.1 Å². The molecule has 2 aromatic heterocycles. The van der Waals surface area contributed by atoms with Gasteiger partial charge in [-0.2, -0.15) is 5.10 Å². The Kier molecular flexibility index (Phi) is 5.23. The van der Waals surface area contributed by atoms with Gasteiger partial charge in [0.05, 0.1) is 12.2 Å². The fourth-order valence-electron chi connectivity index (χ4n) is 1.65. The Bertz CT molecular complexity index is 554. The van der Waals surface area contributed by atoms with E-state index in [0.717, 1.165) is 34.5 Å². The van der Waals surface area contributed by atoms with Gasteiger partial charge in [-0.15, -0.1) is 0 Å². The highest BCUT2D eigenvalue weighted by atomic mass is 32.2. The summed E-state index contributed by atoms with van der Waals surface area (Å²) in [5.74, 6) is 2.23. The molecule has 0 saturated carbocycles. The minimum absolute atomic E-state index is 0.486. The number of anilines is 2. The minimum atomic E-state index is 0.486. The second kappa shape index (κ2) is 7.14. The first kappa shape index (κ1) is 14.6. The van der Waals surface area contributed by atoms with E-state index in [2.05, 4.69) is 32.4 Å². The highest BCUT2D eigenvalue weighted by Gasteiger charge is 2.04. The summed E-state index contributed by atoms with van der Waals surface area (Å²) in [5.41, 5.74) is 7.80. The molecule has 0 saturated heterocycles. The molecule has 0 bridgehead atoms. The van der Waals surface area contributed by atoms with Crippen molar-refractivity contribution in [1.82, 2.24) is 20.2 Å². The quantitative estimate of drug-likeness (QED) is 0.413. The molecule has 0 fully saturated rings. The highest BCUT2D eigenvalue weighted by molar-refractivity contribution is 7.99. The number of aromatic amines is 1. The van der Waals surface area contributed by atoms with E-state index in [4.69, 9.17) is 5.73 Å². The molecule has 0 aromatic carbocycles. The smallest absolute Gasteiger partial charge is 0.191 e. The molecule has 108 valence electrons. The van der Waals surface area contributed by atoms with Gasteiger partial charge in [-0.05, 0) is 19.4 Å². The number of aryl methyl sites for hydroxylation is 1. The minimum Gasteiger partial charge on any atom is -0.383 e. The van der Waals surface area contributed by atoms with Crippen molar-refractivity contribution in [3.05, 3.63) is 23.5 Å². The Morgan fingerprint density at radius 2 is 2.20 bits per heavy atom. The maximum atomic E-state index is 5.81. The van der Waals surface area contributed by atoms with Gasteiger partial charge in [0.25, 0.3) is 0 Å². The van der Waals surface area contributed by atoms with Gasteiger partial charge in [-0.1, -0.05) is 25.1 Å². The molecule has 0 aliphatic carbocycles. The third kappa shape index (κ3) is 4.41. The number of rotatable bonds is 7. The fourth-order valence-corrected chi connectivity index (χ4v) is 2.60. The molecule has 2 heterocycles. The Morgan fingerprint density at radius 3 is 2.90 bits per heavy atom. The van der Waals surface area contributed by atoms with Crippen molar-refractivity contribution in [3.8, 4) is 0 Å². The average Bonchev–Trinajstić information content (AvgIpc) is 2.82. The first-order valence-electron chi connectivity index (χ1n) is 6.69. The van der Waals surface area contributed by atoms with Crippen LogP contribution in [0.1, 0.15) is 31.2 Å². The normalized spacial score (nSPS) is 10.7. The molecule has 0 radical (unpaired) electrons. The number of H-pyrrole nitrogens is 1. The van der Waals surface area contributed by atoms with E-state index in [1.165, 1.54) is 6.42 Å². The largest absolute Gasteiger partial charge is 0.383 e. The molecule has 2 rings (SSSR count). The van der Waals surface area contributed by atoms with Crippen molar-refractivity contribution in [1.29, 1.82) is 0 Å². The highest BCUT2D eigenvalue weighted by Crippen LogP contribution is 2.19. The zero-order chi connectivity index (χ0) is 14.4. The zero-order valence-electron chi connectivity index (χ0n) is 11.8. The number of nitrogen functional groups attached to an aromatic ring is 1. The third-order valence-corrected chi connectivity index (χ3v) is 3.60. The van der Waals surface area contributed by atoms with E-state index in [9.17, 15) is 0 Å². The SMILES string of the molecule is CCCCSc1nc(N)cc(NCc2cc(C)[nH]n2)n1. The van der Waals surface area contributed by atoms with Gasteiger partial charge in [0.15, 0.2) is 5.16 Å². The number of nitrogens with one attached hydrogen (secondary N) is 2. The van der Waals surface area contributed by atoms with E-state index in [1.807, 2.05) is 13.0 Å². The van der Waals surface area contributed by atoms with E-state index in [0.29, 0.717) is 12.4 Å². The molecule has 0 spiro atoms. The number of unbranched alkanes of at least 4 members (excludes halogenated alkanes) is 1. The topological polar surface area (TPSA) is 92.5 Å². The summed E-state index contributed by atoms with van der Waals surface area (Å²) < 4.78 is 0. The Hall–Kier alpha value is -1.76. The summed E-state index contributed by atoms with van der Waals surface area (Å²) in [4.78, 5) is 8.68. The lowest BCUT2D eigenvalue weighted by Gasteiger charge is -2.06. The van der Waals surface area contributed by atoms with Crippen LogP contribution in [0.2, 0.25) is 0 Å². The fraction of sp³-hybridized carbons (Fsp3) is 0.462. The van der Waals surface area contributed by atoms with Crippen LogP contribution in [0.5, 0.6) is 0 Å². The lowest BCUT2D eigenvalue weighted by atomic mass is 10.3. The lowest BCUT2D eigenvalue weighted by Crippen LogP contribution is -2.05. The lowest BCUT2D eigenvalue weighted by molar-refractivity contribution is 0.887. The summed E-state index contributed by atoms with van der Waals surface area (Å²) in [6.07, 6.45) is 2.32. The number of hydrogen-bond donors (Lipinski definition) is 3. The van der Waals surface area contributed by atoms with E-state index in [1.54, 1.807) is 17.8 Å². The first-order chi connectivity index (χ1) is 9.67. The molecule has 2 aromatic rings. The van der Waals surface area contributed by atoms with Crippen LogP contribution < -0.4 is 11.1 Å². The Balaban J connectivity index is 1.96. The van der Waals surface area contributed by atoms with Gasteiger partial charge in [0, 0.05) is 17.5 Å². The number of nitrogens with two attached hydrogens (primary N) is 1. The number of thioether (sulfide) groups is 1. The van der Waals surface area contributed by atoms with E-state index >= 15 is 0 Å². The van der Waals surface area contributed by atoms with Gasteiger partial charge in [-0.3, -0.25) is 5.10 Å². The van der Waals surface area contributed by atoms with Crippen molar-refractivity contribution >= 4 is 23.4 Å². The molecule has 0 aliphatic rings. The molecule has 20 heavy (non-hydrogen) atoms. The second-order valence-corrected chi connectivity index (χ2v) is 5.62. The van der Waals surface area contributed by atoms with Crippen LogP contribution in [-0.2, 0) is 6.54 Å². The average molecular weight is 292 g/mol. The summed E-state index contributed by atoms with van der Waals surface area (Å²) in [6, 6.07) is 3.73. The predicted octanol–water partition coefficient (Wildman–Crippen LogP) is 2.59. The summed E-state index contributed by atoms with van der Waals surface area (Å²) >= 11 is 1.64. The summed E-state index contributed by atoms with van der Waals surface area (Å²) in [6.45, 7) is 4.75. The van der Waals surface area contributed by atoms with Gasteiger partial charge in [0.2, 0.25) is 0 Å². The van der Waals surface area contributed by atoms with Crippen LogP contribution in [0, 0.1) is 6.92 Å². The second-order valence-electron chi connectivity index (χ2n) is 4.56. The van der Waals surface area contributed by atoms with Crippen LogP contribution in [0.4, 0.5) is 11.6 Å². The van der Waals surface area contributed by atoms with Crippen molar-refractivity contribution in [2.45, 2.75) is 38.4 Å². The van der Waals surface area contributed by atoms with Crippen molar-refractivity contribution in [3.63, 3.8) is 0 Å². The molecule has 0 amide bonds. The maximum Gasteiger partial charge on any atom is 0.191 e. The van der Waals surface area contributed by atoms with E-state index < -0.39 is 0 Å². The van der Waals surface area contributed by atoms with Crippen molar-refractivity contribution in [2.24, 2.45) is 0 Å². The number of nitrogens with zero attached hydrogens (tertiary/aromatic N) is 3. The van der Waals surface area contributed by atoms with Gasteiger partial charge in [-0.25, -0.2) is 9.97 Å². The predicted molar refractivity (Wildman–Crippen MR) is 82.7 cm³/mol.